The molecule has 222 valence electrons. The predicted octanol–water partition coefficient (Wildman–Crippen LogP) is 9.18. The maximum absolute atomic E-state index is 14.3. The van der Waals surface area contributed by atoms with Gasteiger partial charge in [0.25, 0.3) is 0 Å². The SMILES string of the molecule is C[C@]12C[C@H](c3ccc(-c4cccnc4)cc3)C3=C4CCC(=O)C=C4CC[C@H]3[C@@H]1C[C@@H](/C=C/c1ccccc1)[C@@H]2C(=O)C1CC1. The highest BCUT2D eigenvalue weighted by atomic mass is 16.1. The van der Waals surface area contributed by atoms with Crippen molar-refractivity contribution in [2.75, 3.05) is 0 Å². The van der Waals surface area contributed by atoms with Gasteiger partial charge >= 0.3 is 0 Å². The van der Waals surface area contributed by atoms with Crippen LogP contribution in [0.4, 0.5) is 0 Å². The molecule has 6 atom stereocenters. The van der Waals surface area contributed by atoms with E-state index < -0.39 is 0 Å². The van der Waals surface area contributed by atoms with Gasteiger partial charge in [-0.1, -0.05) is 85.3 Å². The lowest BCUT2D eigenvalue weighted by molar-refractivity contribution is -0.129. The highest BCUT2D eigenvalue weighted by molar-refractivity contribution is 5.93. The van der Waals surface area contributed by atoms with Gasteiger partial charge in [0.1, 0.15) is 5.78 Å². The second-order valence-corrected chi connectivity index (χ2v) is 14.3. The summed E-state index contributed by atoms with van der Waals surface area (Å²) in [6.45, 7) is 2.48. The maximum Gasteiger partial charge on any atom is 0.156 e. The van der Waals surface area contributed by atoms with Crippen molar-refractivity contribution < 1.29 is 9.59 Å². The van der Waals surface area contributed by atoms with Gasteiger partial charge in [0.15, 0.2) is 5.78 Å². The summed E-state index contributed by atoms with van der Waals surface area (Å²) < 4.78 is 0. The number of hydrogen-bond acceptors (Lipinski definition) is 3. The Morgan fingerprint density at radius 1 is 0.909 bits per heavy atom. The average molecular weight is 580 g/mol. The summed E-state index contributed by atoms with van der Waals surface area (Å²) >= 11 is 0. The third-order valence-corrected chi connectivity index (χ3v) is 11.8. The van der Waals surface area contributed by atoms with E-state index in [1.807, 2.05) is 24.5 Å². The van der Waals surface area contributed by atoms with Gasteiger partial charge in [0.2, 0.25) is 0 Å². The van der Waals surface area contributed by atoms with Gasteiger partial charge < -0.3 is 0 Å². The minimum atomic E-state index is -0.0571. The Bertz CT molecular complexity index is 1680. The van der Waals surface area contributed by atoms with Crippen LogP contribution in [0.1, 0.15) is 75.3 Å². The Kier molecular flexibility index (Phi) is 6.89. The Balaban J connectivity index is 1.23. The molecule has 1 heterocycles. The van der Waals surface area contributed by atoms with Crippen LogP contribution in [0, 0.1) is 35.0 Å². The number of hydrogen-bond donors (Lipinski definition) is 0. The second kappa shape index (κ2) is 10.9. The van der Waals surface area contributed by atoms with Gasteiger partial charge in [-0.25, -0.2) is 0 Å². The molecule has 2 aromatic carbocycles. The third-order valence-electron chi connectivity index (χ3n) is 11.8. The van der Waals surface area contributed by atoms with E-state index in [1.165, 1.54) is 27.8 Å². The Morgan fingerprint density at radius 2 is 1.73 bits per heavy atom. The Morgan fingerprint density at radius 3 is 2.48 bits per heavy atom. The summed E-state index contributed by atoms with van der Waals surface area (Å²) in [4.78, 5) is 31.1. The van der Waals surface area contributed by atoms with Crippen LogP contribution < -0.4 is 0 Å². The second-order valence-electron chi connectivity index (χ2n) is 14.3. The van der Waals surface area contributed by atoms with Crippen molar-refractivity contribution in [3.05, 3.63) is 119 Å². The van der Waals surface area contributed by atoms with E-state index in [1.54, 1.807) is 5.57 Å². The van der Waals surface area contributed by atoms with Crippen LogP contribution >= 0.6 is 0 Å². The van der Waals surface area contributed by atoms with Crippen LogP contribution in [0.2, 0.25) is 0 Å². The number of nitrogens with zero attached hydrogens (tertiary/aromatic N) is 1. The van der Waals surface area contributed by atoms with E-state index in [4.69, 9.17) is 0 Å². The first-order chi connectivity index (χ1) is 21.5. The highest BCUT2D eigenvalue weighted by Crippen LogP contribution is 2.68. The fourth-order valence-corrected chi connectivity index (χ4v) is 9.65. The van der Waals surface area contributed by atoms with Crippen LogP contribution in [0.3, 0.4) is 0 Å². The number of pyridine rings is 1. The zero-order valence-corrected chi connectivity index (χ0v) is 25.6. The van der Waals surface area contributed by atoms with Crippen molar-refractivity contribution in [2.45, 2.75) is 64.2 Å². The standard InChI is InChI=1S/C41H41NO2/c1-41-24-36(28-13-11-27(12-14-28)32-8-5-21-42-25-32)38-34-20-18-33(43)22-30(34)17-19-35(38)37(41)23-31(39(41)40(44)29-15-16-29)10-9-26-6-3-2-4-7-26/h2-14,21-22,25,29,31,35-37,39H,15-20,23-24H2,1H3/b10-9+/t31-,35+,36-,37+,39-,41+/m1/s1. The lowest BCUT2D eigenvalue weighted by Gasteiger charge is -2.52. The van der Waals surface area contributed by atoms with Crippen LogP contribution in [-0.2, 0) is 9.59 Å². The maximum atomic E-state index is 14.3. The molecule has 5 aliphatic carbocycles. The first-order valence-electron chi connectivity index (χ1n) is 16.7. The summed E-state index contributed by atoms with van der Waals surface area (Å²) in [5.74, 6) is 2.60. The number of allylic oxidation sites excluding steroid dienone is 5. The molecular formula is C41H41NO2. The molecule has 5 aliphatic rings. The zero-order chi connectivity index (χ0) is 29.8. The van der Waals surface area contributed by atoms with Gasteiger partial charge in [-0.3, -0.25) is 14.6 Å². The smallest absolute Gasteiger partial charge is 0.156 e. The molecule has 0 radical (unpaired) electrons. The van der Waals surface area contributed by atoms with E-state index in [0.29, 0.717) is 24.0 Å². The molecule has 3 nitrogen and oxygen atoms in total. The van der Waals surface area contributed by atoms with E-state index in [9.17, 15) is 9.59 Å². The highest BCUT2D eigenvalue weighted by Gasteiger charge is 2.62. The molecule has 1 aromatic heterocycles. The Labute approximate surface area is 261 Å². The summed E-state index contributed by atoms with van der Waals surface area (Å²) in [7, 11) is 0. The summed E-state index contributed by atoms with van der Waals surface area (Å²) in [6.07, 6.45) is 18.1. The Hall–Kier alpha value is -3.85. The third kappa shape index (κ3) is 4.76. The molecule has 8 rings (SSSR count). The van der Waals surface area contributed by atoms with E-state index in [-0.39, 0.29) is 34.9 Å². The molecule has 0 unspecified atom stereocenters. The summed E-state index contributed by atoms with van der Waals surface area (Å²) in [5.41, 5.74) is 9.16. The minimum absolute atomic E-state index is 0.0571. The molecule has 0 spiro atoms. The van der Waals surface area contributed by atoms with Crippen molar-refractivity contribution in [3.8, 4) is 11.1 Å². The van der Waals surface area contributed by atoms with Gasteiger partial charge in [-0.15, -0.1) is 0 Å². The van der Waals surface area contributed by atoms with E-state index >= 15 is 0 Å². The molecule has 0 amide bonds. The fourth-order valence-electron chi connectivity index (χ4n) is 9.65. The quantitative estimate of drug-likeness (QED) is 0.292. The number of benzene rings is 2. The lowest BCUT2D eigenvalue weighted by Crippen LogP contribution is -2.45. The van der Waals surface area contributed by atoms with Crippen LogP contribution in [0.5, 0.6) is 0 Å². The van der Waals surface area contributed by atoms with Crippen LogP contribution in [-0.4, -0.2) is 16.6 Å². The van der Waals surface area contributed by atoms with Crippen molar-refractivity contribution in [2.24, 2.45) is 35.0 Å². The van der Waals surface area contributed by atoms with E-state index in [0.717, 1.165) is 50.5 Å². The van der Waals surface area contributed by atoms with Crippen molar-refractivity contribution in [3.63, 3.8) is 0 Å². The molecule has 0 bridgehead atoms. The molecule has 0 aliphatic heterocycles. The monoisotopic (exact) mass is 579 g/mol. The molecule has 44 heavy (non-hydrogen) atoms. The van der Waals surface area contributed by atoms with Crippen molar-refractivity contribution >= 4 is 17.6 Å². The number of rotatable bonds is 6. The van der Waals surface area contributed by atoms with Crippen molar-refractivity contribution in [1.82, 2.24) is 4.98 Å². The predicted molar refractivity (Wildman–Crippen MR) is 176 cm³/mol. The molecular weight excluding hydrogens is 538 g/mol. The van der Waals surface area contributed by atoms with Crippen LogP contribution in [0.25, 0.3) is 17.2 Å². The number of carbonyl (C=O) groups is 2. The van der Waals surface area contributed by atoms with E-state index in [2.05, 4.69) is 84.7 Å². The number of ketones is 2. The van der Waals surface area contributed by atoms with Gasteiger partial charge in [0, 0.05) is 36.6 Å². The normalized spacial score (nSPS) is 31.3. The molecule has 3 saturated carbocycles. The van der Waals surface area contributed by atoms with Crippen molar-refractivity contribution in [1.29, 1.82) is 0 Å². The van der Waals surface area contributed by atoms with Gasteiger partial charge in [0.05, 0.1) is 0 Å². The number of carbonyl (C=O) groups excluding carboxylic acids is 2. The molecule has 0 saturated heterocycles. The summed E-state index contributed by atoms with van der Waals surface area (Å²) in [6, 6.07) is 23.8. The van der Waals surface area contributed by atoms with Gasteiger partial charge in [-0.2, -0.15) is 0 Å². The lowest BCUT2D eigenvalue weighted by atomic mass is 9.51. The largest absolute Gasteiger partial charge is 0.299 e. The zero-order valence-electron chi connectivity index (χ0n) is 25.6. The molecule has 3 aromatic rings. The first-order valence-corrected chi connectivity index (χ1v) is 16.7. The number of fused-ring (bicyclic) bond motifs is 4. The molecule has 3 heteroatoms. The minimum Gasteiger partial charge on any atom is -0.299 e. The first kappa shape index (κ1) is 27.7. The van der Waals surface area contributed by atoms with Crippen LogP contribution in [0.15, 0.2) is 108 Å². The van der Waals surface area contributed by atoms with Gasteiger partial charge in [-0.05, 0) is 114 Å². The fraction of sp³-hybridized carbons (Fsp3) is 0.390. The molecule has 0 N–H and O–H groups in total. The number of aromatic nitrogens is 1. The summed E-state index contributed by atoms with van der Waals surface area (Å²) in [5, 5.41) is 0. The number of Topliss-reactive ketones (excluding diaryl/α,β-unsaturated/α-hetero) is 1. The average Bonchev–Trinajstić information content (AvgIpc) is 3.87. The molecule has 3 fully saturated rings. The topological polar surface area (TPSA) is 47.0 Å².